The van der Waals surface area contributed by atoms with Crippen LogP contribution in [-0.2, 0) is 7.05 Å². The molecule has 1 aromatic heterocycles. The third-order valence-corrected chi connectivity index (χ3v) is 3.45. The Balaban J connectivity index is 1.79. The molecule has 0 aliphatic heterocycles. The van der Waals surface area contributed by atoms with Crippen molar-refractivity contribution in [2.45, 2.75) is 18.8 Å². The second kappa shape index (κ2) is 5.00. The van der Waals surface area contributed by atoms with E-state index in [0.29, 0.717) is 11.7 Å². The van der Waals surface area contributed by atoms with Crippen LogP contribution >= 0.6 is 0 Å². The Hall–Kier alpha value is -2.30. The molecule has 0 bridgehead atoms. The number of para-hydroxylation sites is 1. The van der Waals surface area contributed by atoms with Gasteiger partial charge in [-0.05, 0) is 25.0 Å². The number of Topliss-reactive ketones (excluding diaryl/α,β-unsaturated/α-hetero) is 1. The highest BCUT2D eigenvalue weighted by atomic mass is 16.5. The van der Waals surface area contributed by atoms with E-state index in [4.69, 9.17) is 4.74 Å². The molecule has 1 aliphatic carbocycles. The topological polar surface area (TPSA) is 64.1 Å². The van der Waals surface area contributed by atoms with Crippen molar-refractivity contribution in [3.8, 4) is 5.75 Å². The normalized spacial score (nSPS) is 14.2. The van der Waals surface area contributed by atoms with E-state index in [2.05, 4.69) is 5.10 Å². The van der Waals surface area contributed by atoms with Gasteiger partial charge >= 0.3 is 0 Å². The molecule has 0 radical (unpaired) electrons. The van der Waals surface area contributed by atoms with E-state index in [-0.39, 0.29) is 23.5 Å². The maximum Gasteiger partial charge on any atom is 0.277 e. The number of H-pyrrole nitrogens is 1. The molecule has 0 amide bonds. The van der Waals surface area contributed by atoms with Gasteiger partial charge in [0, 0.05) is 13.0 Å². The second-order valence-corrected chi connectivity index (χ2v) is 5.06. The number of ketones is 1. The van der Waals surface area contributed by atoms with Crippen LogP contribution in [0.2, 0.25) is 0 Å². The zero-order chi connectivity index (χ0) is 14.1. The van der Waals surface area contributed by atoms with Crippen molar-refractivity contribution < 1.29 is 9.53 Å². The molecule has 0 atom stereocenters. The molecule has 0 spiro atoms. The van der Waals surface area contributed by atoms with Crippen molar-refractivity contribution in [1.82, 2.24) is 9.78 Å². The zero-order valence-corrected chi connectivity index (χ0v) is 11.3. The minimum atomic E-state index is -0.270. The summed E-state index contributed by atoms with van der Waals surface area (Å²) in [6, 6.07) is 9.12. The predicted molar refractivity (Wildman–Crippen MR) is 74.3 cm³/mol. The van der Waals surface area contributed by atoms with Gasteiger partial charge in [0.1, 0.15) is 11.3 Å². The van der Waals surface area contributed by atoms with Crippen molar-refractivity contribution in [2.75, 3.05) is 6.61 Å². The van der Waals surface area contributed by atoms with Gasteiger partial charge < -0.3 is 4.74 Å². The Bertz CT molecular complexity index is 681. The number of aromatic nitrogens is 2. The molecule has 1 heterocycles. The van der Waals surface area contributed by atoms with E-state index in [9.17, 15) is 9.59 Å². The molecule has 104 valence electrons. The fourth-order valence-electron chi connectivity index (χ4n) is 2.24. The van der Waals surface area contributed by atoms with Crippen molar-refractivity contribution in [3.05, 3.63) is 51.9 Å². The Morgan fingerprint density at radius 3 is 2.70 bits per heavy atom. The summed E-state index contributed by atoms with van der Waals surface area (Å²) in [7, 11) is 1.63. The highest BCUT2D eigenvalue weighted by molar-refractivity contribution is 5.98. The summed E-state index contributed by atoms with van der Waals surface area (Å²) >= 11 is 0. The van der Waals surface area contributed by atoms with E-state index < -0.39 is 0 Å². The lowest BCUT2D eigenvalue weighted by atomic mass is 10.1. The average molecular weight is 272 g/mol. The van der Waals surface area contributed by atoms with E-state index in [1.807, 2.05) is 18.2 Å². The smallest absolute Gasteiger partial charge is 0.277 e. The number of nitrogens with one attached hydrogen (secondary N) is 1. The largest absolute Gasteiger partial charge is 0.485 e. The summed E-state index contributed by atoms with van der Waals surface area (Å²) in [5, 5.41) is 2.98. The summed E-state index contributed by atoms with van der Waals surface area (Å²) in [6.45, 7) is -0.114. The second-order valence-electron chi connectivity index (χ2n) is 5.06. The van der Waals surface area contributed by atoms with Crippen LogP contribution in [0.3, 0.4) is 0 Å². The average Bonchev–Trinajstić information content (AvgIpc) is 3.25. The summed E-state index contributed by atoms with van der Waals surface area (Å²) < 4.78 is 6.79. The first-order valence-electron chi connectivity index (χ1n) is 6.66. The highest BCUT2D eigenvalue weighted by Gasteiger charge is 2.32. The van der Waals surface area contributed by atoms with Crippen LogP contribution in [0.15, 0.2) is 35.1 Å². The maximum absolute atomic E-state index is 12.2. The van der Waals surface area contributed by atoms with Gasteiger partial charge in [0.25, 0.3) is 5.56 Å². The van der Waals surface area contributed by atoms with Crippen molar-refractivity contribution in [3.63, 3.8) is 0 Å². The van der Waals surface area contributed by atoms with E-state index in [1.165, 1.54) is 4.68 Å². The standard InChI is InChI=1S/C15H16N2O3/c1-17-15(19)13(14(16-17)10-7-8-10)12(18)9-20-11-5-3-2-4-6-11/h2-6,10,16H,7-9H2,1H3. The van der Waals surface area contributed by atoms with Gasteiger partial charge in [-0.15, -0.1) is 0 Å². The Morgan fingerprint density at radius 2 is 2.05 bits per heavy atom. The van der Waals surface area contributed by atoms with Gasteiger partial charge in [-0.25, -0.2) is 0 Å². The molecular weight excluding hydrogens is 256 g/mol. The minimum Gasteiger partial charge on any atom is -0.485 e. The van der Waals surface area contributed by atoms with Crippen molar-refractivity contribution >= 4 is 5.78 Å². The van der Waals surface area contributed by atoms with Crippen LogP contribution in [-0.4, -0.2) is 22.2 Å². The summed E-state index contributed by atoms with van der Waals surface area (Å²) in [4.78, 5) is 24.3. The van der Waals surface area contributed by atoms with E-state index in [1.54, 1.807) is 19.2 Å². The zero-order valence-electron chi connectivity index (χ0n) is 11.3. The van der Waals surface area contributed by atoms with Crippen LogP contribution in [0.4, 0.5) is 0 Å². The molecule has 1 fully saturated rings. The first kappa shape index (κ1) is 12.7. The lowest BCUT2D eigenvalue weighted by Crippen LogP contribution is -2.23. The molecule has 5 nitrogen and oxygen atoms in total. The summed E-state index contributed by atoms with van der Waals surface area (Å²) in [6.07, 6.45) is 2.06. The highest BCUT2D eigenvalue weighted by Crippen LogP contribution is 2.40. The molecule has 5 heteroatoms. The number of carbonyl (C=O) groups is 1. The van der Waals surface area contributed by atoms with Gasteiger partial charge in [0.15, 0.2) is 6.61 Å². The molecule has 0 unspecified atom stereocenters. The minimum absolute atomic E-state index is 0.114. The van der Waals surface area contributed by atoms with Gasteiger partial charge in [0.05, 0.1) is 5.69 Å². The molecular formula is C15H16N2O3. The lowest BCUT2D eigenvalue weighted by Gasteiger charge is -2.04. The number of nitrogens with zero attached hydrogens (tertiary/aromatic N) is 1. The van der Waals surface area contributed by atoms with Crippen LogP contribution in [0.1, 0.15) is 34.8 Å². The van der Waals surface area contributed by atoms with Crippen molar-refractivity contribution in [1.29, 1.82) is 0 Å². The fourth-order valence-corrected chi connectivity index (χ4v) is 2.24. The quantitative estimate of drug-likeness (QED) is 0.845. The maximum atomic E-state index is 12.2. The van der Waals surface area contributed by atoms with Crippen molar-refractivity contribution in [2.24, 2.45) is 7.05 Å². The number of benzene rings is 1. The van der Waals surface area contributed by atoms with E-state index in [0.717, 1.165) is 18.5 Å². The Kier molecular flexibility index (Phi) is 3.18. The SMILES string of the molecule is Cn1[nH]c(C2CC2)c(C(=O)COc2ccccc2)c1=O. The molecule has 2 aromatic rings. The number of aromatic amines is 1. The predicted octanol–water partition coefficient (Wildman–Crippen LogP) is 1.85. The molecule has 1 N–H and O–H groups in total. The first-order valence-corrected chi connectivity index (χ1v) is 6.66. The Labute approximate surface area is 116 Å². The molecule has 1 saturated carbocycles. The van der Waals surface area contributed by atoms with Crippen LogP contribution in [0, 0.1) is 0 Å². The van der Waals surface area contributed by atoms with Gasteiger partial charge in [0.2, 0.25) is 5.78 Å². The number of ether oxygens (including phenoxy) is 1. The molecule has 3 rings (SSSR count). The van der Waals surface area contributed by atoms with Crippen LogP contribution in [0.5, 0.6) is 5.75 Å². The summed E-state index contributed by atoms with van der Waals surface area (Å²) in [5.41, 5.74) is 0.749. The molecule has 20 heavy (non-hydrogen) atoms. The van der Waals surface area contributed by atoms with E-state index >= 15 is 0 Å². The number of rotatable bonds is 5. The number of hydrogen-bond acceptors (Lipinski definition) is 3. The number of carbonyl (C=O) groups excluding carboxylic acids is 1. The first-order chi connectivity index (χ1) is 9.66. The van der Waals surface area contributed by atoms with Gasteiger partial charge in [-0.2, -0.15) is 0 Å². The van der Waals surface area contributed by atoms with Gasteiger partial charge in [-0.3, -0.25) is 19.4 Å². The monoisotopic (exact) mass is 272 g/mol. The third kappa shape index (κ3) is 2.39. The number of hydrogen-bond donors (Lipinski definition) is 1. The van der Waals surface area contributed by atoms with Gasteiger partial charge in [-0.1, -0.05) is 18.2 Å². The Morgan fingerprint density at radius 1 is 1.35 bits per heavy atom. The van der Waals surface area contributed by atoms with Crippen LogP contribution in [0.25, 0.3) is 0 Å². The lowest BCUT2D eigenvalue weighted by molar-refractivity contribution is 0.0919. The summed E-state index contributed by atoms with van der Waals surface area (Å²) in [5.74, 6) is 0.679. The fraction of sp³-hybridized carbons (Fsp3) is 0.333. The third-order valence-electron chi connectivity index (χ3n) is 3.45. The van der Waals surface area contributed by atoms with Crippen LogP contribution < -0.4 is 10.3 Å². The molecule has 0 saturated heterocycles. The number of aryl methyl sites for hydroxylation is 1. The molecule has 1 aliphatic rings. The molecule has 1 aromatic carbocycles.